The van der Waals surface area contributed by atoms with Crippen LogP contribution in [0.1, 0.15) is 47.0 Å². The van der Waals surface area contributed by atoms with Crippen LogP contribution in [0.3, 0.4) is 0 Å². The highest BCUT2D eigenvalue weighted by molar-refractivity contribution is 5.94. The minimum atomic E-state index is -0.273. The van der Waals surface area contributed by atoms with E-state index in [-0.39, 0.29) is 17.4 Å². The van der Waals surface area contributed by atoms with E-state index < -0.39 is 0 Å². The van der Waals surface area contributed by atoms with Gasteiger partial charge in [0.1, 0.15) is 0 Å². The first-order valence-corrected chi connectivity index (χ1v) is 7.40. The Kier molecular flexibility index (Phi) is 8.46. The number of hydrogen-bond donors (Lipinski definition) is 1. The average molecular weight is 285 g/mol. The van der Waals surface area contributed by atoms with Crippen molar-refractivity contribution in [2.75, 3.05) is 33.7 Å². The summed E-state index contributed by atoms with van der Waals surface area (Å²) in [5.41, 5.74) is 0.108. The van der Waals surface area contributed by atoms with Crippen LogP contribution in [0.2, 0.25) is 0 Å². The molecule has 118 valence electrons. The van der Waals surface area contributed by atoms with Gasteiger partial charge in [-0.05, 0) is 45.8 Å². The molecule has 0 unspecified atom stereocenters. The van der Waals surface area contributed by atoms with E-state index in [1.165, 1.54) is 4.90 Å². The van der Waals surface area contributed by atoms with Crippen LogP contribution in [0.15, 0.2) is 0 Å². The van der Waals surface area contributed by atoms with Gasteiger partial charge in [0, 0.05) is 19.5 Å². The molecule has 0 rings (SSSR count). The summed E-state index contributed by atoms with van der Waals surface area (Å²) in [6.45, 7) is 10.1. The molecule has 1 N–H and O–H groups in total. The molecule has 0 aliphatic rings. The van der Waals surface area contributed by atoms with Gasteiger partial charge in [-0.15, -0.1) is 0 Å². The lowest BCUT2D eigenvalue weighted by Gasteiger charge is -2.23. The molecular formula is C15H31N3O2. The van der Waals surface area contributed by atoms with Gasteiger partial charge in [-0.1, -0.05) is 20.8 Å². The summed E-state index contributed by atoms with van der Waals surface area (Å²) in [6, 6.07) is -0.273. The summed E-state index contributed by atoms with van der Waals surface area (Å²) in [7, 11) is 3.99. The zero-order valence-electron chi connectivity index (χ0n) is 14.0. The molecule has 20 heavy (non-hydrogen) atoms. The summed E-state index contributed by atoms with van der Waals surface area (Å²) in [6.07, 6.45) is 2.09. The van der Waals surface area contributed by atoms with Crippen molar-refractivity contribution in [2.24, 2.45) is 5.41 Å². The summed E-state index contributed by atoms with van der Waals surface area (Å²) in [4.78, 5) is 27.4. The van der Waals surface area contributed by atoms with Crippen molar-refractivity contribution in [1.82, 2.24) is 15.1 Å². The third-order valence-corrected chi connectivity index (χ3v) is 3.01. The molecule has 0 aromatic heterocycles. The number of nitrogens with zero attached hydrogens (tertiary/aromatic N) is 2. The Hall–Kier alpha value is -1.10. The second-order valence-electron chi connectivity index (χ2n) is 6.59. The molecule has 5 heteroatoms. The van der Waals surface area contributed by atoms with Gasteiger partial charge in [0.15, 0.2) is 0 Å². The molecule has 0 aliphatic heterocycles. The minimum absolute atomic E-state index is 0.0902. The molecule has 0 fully saturated rings. The first-order valence-electron chi connectivity index (χ1n) is 7.40. The number of nitrogens with one attached hydrogen (secondary N) is 1. The van der Waals surface area contributed by atoms with Gasteiger partial charge in [-0.2, -0.15) is 0 Å². The predicted octanol–water partition coefficient (Wildman–Crippen LogP) is 2.32. The number of amides is 3. The Bertz CT molecular complexity index is 309. The number of carbonyl (C=O) groups excluding carboxylic acids is 2. The Morgan fingerprint density at radius 2 is 1.75 bits per heavy atom. The second kappa shape index (κ2) is 8.95. The molecule has 0 saturated heterocycles. The fraction of sp³-hybridized carbons (Fsp3) is 0.867. The van der Waals surface area contributed by atoms with Gasteiger partial charge < -0.3 is 10.2 Å². The van der Waals surface area contributed by atoms with Crippen molar-refractivity contribution in [2.45, 2.75) is 47.0 Å². The van der Waals surface area contributed by atoms with Crippen molar-refractivity contribution < 1.29 is 9.59 Å². The smallest absolute Gasteiger partial charge is 0.324 e. The third-order valence-electron chi connectivity index (χ3n) is 3.01. The summed E-state index contributed by atoms with van der Waals surface area (Å²) < 4.78 is 0. The van der Waals surface area contributed by atoms with E-state index in [4.69, 9.17) is 0 Å². The van der Waals surface area contributed by atoms with Crippen molar-refractivity contribution in [3.63, 3.8) is 0 Å². The number of urea groups is 1. The van der Waals surface area contributed by atoms with Crippen LogP contribution in [-0.2, 0) is 4.79 Å². The molecule has 0 atom stereocenters. The highest BCUT2D eigenvalue weighted by Crippen LogP contribution is 2.21. The van der Waals surface area contributed by atoms with E-state index in [2.05, 4.69) is 31.0 Å². The second-order valence-corrected chi connectivity index (χ2v) is 6.59. The maximum Gasteiger partial charge on any atom is 0.324 e. The molecule has 0 bridgehead atoms. The van der Waals surface area contributed by atoms with E-state index >= 15 is 0 Å². The highest BCUT2D eigenvalue weighted by atomic mass is 16.2. The largest absolute Gasteiger partial charge is 0.338 e. The molecule has 0 aliphatic carbocycles. The molecule has 5 nitrogen and oxygen atoms in total. The van der Waals surface area contributed by atoms with Gasteiger partial charge in [0.25, 0.3) is 0 Å². The van der Waals surface area contributed by atoms with Gasteiger partial charge >= 0.3 is 6.03 Å². The SMILES string of the molecule is CCN(C(=O)CCC(C)(C)C)C(=O)NCCCN(C)C. The maximum atomic E-state index is 12.1. The molecule has 0 spiro atoms. The number of carbonyl (C=O) groups is 2. The van der Waals surface area contributed by atoms with Crippen LogP contribution in [0.5, 0.6) is 0 Å². The van der Waals surface area contributed by atoms with Crippen molar-refractivity contribution in [3.8, 4) is 0 Å². The Morgan fingerprint density at radius 1 is 1.15 bits per heavy atom. The number of hydrogen-bond acceptors (Lipinski definition) is 3. The first-order chi connectivity index (χ1) is 9.17. The minimum Gasteiger partial charge on any atom is -0.338 e. The van der Waals surface area contributed by atoms with Crippen LogP contribution in [0.4, 0.5) is 4.79 Å². The summed E-state index contributed by atoms with van der Waals surface area (Å²) >= 11 is 0. The van der Waals surface area contributed by atoms with Crippen molar-refractivity contribution in [1.29, 1.82) is 0 Å². The average Bonchev–Trinajstić information content (AvgIpc) is 2.32. The molecule has 0 radical (unpaired) electrons. The van der Waals surface area contributed by atoms with E-state index in [0.29, 0.717) is 19.5 Å². The third kappa shape index (κ3) is 8.91. The van der Waals surface area contributed by atoms with Gasteiger partial charge in [-0.25, -0.2) is 4.79 Å². The van der Waals surface area contributed by atoms with Crippen molar-refractivity contribution in [3.05, 3.63) is 0 Å². The molecule has 3 amide bonds. The fourth-order valence-corrected chi connectivity index (χ4v) is 1.74. The lowest BCUT2D eigenvalue weighted by atomic mass is 9.90. The van der Waals surface area contributed by atoms with Gasteiger partial charge in [0.05, 0.1) is 0 Å². The van der Waals surface area contributed by atoms with Crippen LogP contribution >= 0.6 is 0 Å². The fourth-order valence-electron chi connectivity index (χ4n) is 1.74. The zero-order chi connectivity index (χ0) is 15.8. The molecule has 0 saturated carbocycles. The number of rotatable bonds is 7. The standard InChI is InChI=1S/C15H31N3O2/c1-7-18(13(19)9-10-15(2,3)4)14(20)16-11-8-12-17(5)6/h7-12H2,1-6H3,(H,16,20). The normalized spacial score (nSPS) is 11.6. The van der Waals surface area contributed by atoms with E-state index in [1.54, 1.807) is 0 Å². The molecule has 0 heterocycles. The van der Waals surface area contributed by atoms with E-state index in [0.717, 1.165) is 19.4 Å². The highest BCUT2D eigenvalue weighted by Gasteiger charge is 2.21. The first kappa shape index (κ1) is 18.9. The zero-order valence-corrected chi connectivity index (χ0v) is 14.0. The molecule has 0 aromatic carbocycles. The summed E-state index contributed by atoms with van der Waals surface area (Å²) in [5.74, 6) is -0.0902. The summed E-state index contributed by atoms with van der Waals surface area (Å²) in [5, 5.41) is 2.81. The molecule has 0 aromatic rings. The lowest BCUT2D eigenvalue weighted by Crippen LogP contribution is -2.44. The van der Waals surface area contributed by atoms with Crippen LogP contribution in [0.25, 0.3) is 0 Å². The quantitative estimate of drug-likeness (QED) is 0.730. The maximum absolute atomic E-state index is 12.1. The van der Waals surface area contributed by atoms with Crippen molar-refractivity contribution >= 4 is 11.9 Å². The number of imide groups is 1. The van der Waals surface area contributed by atoms with Gasteiger partial charge in [0.2, 0.25) is 5.91 Å². The Labute approximate surface area is 123 Å². The van der Waals surface area contributed by atoms with Gasteiger partial charge in [-0.3, -0.25) is 9.69 Å². The van der Waals surface area contributed by atoms with Crippen LogP contribution < -0.4 is 5.32 Å². The lowest BCUT2D eigenvalue weighted by molar-refractivity contribution is -0.128. The Balaban J connectivity index is 4.16. The Morgan fingerprint density at radius 3 is 2.20 bits per heavy atom. The van der Waals surface area contributed by atoms with E-state index in [9.17, 15) is 9.59 Å². The molecular weight excluding hydrogens is 254 g/mol. The monoisotopic (exact) mass is 285 g/mol. The van der Waals surface area contributed by atoms with Crippen LogP contribution in [0, 0.1) is 5.41 Å². The van der Waals surface area contributed by atoms with E-state index in [1.807, 2.05) is 21.0 Å². The van der Waals surface area contributed by atoms with Crippen LogP contribution in [-0.4, -0.2) is 55.5 Å². The predicted molar refractivity (Wildman–Crippen MR) is 82.6 cm³/mol. The topological polar surface area (TPSA) is 52.7 Å².